The molecule has 1 aliphatic rings. The number of allylic oxidation sites excluding steroid dienone is 1. The van der Waals surface area contributed by atoms with E-state index in [1.165, 1.54) is 0 Å². The van der Waals surface area contributed by atoms with Gasteiger partial charge in [0.2, 0.25) is 5.95 Å². The van der Waals surface area contributed by atoms with E-state index in [2.05, 4.69) is 25.6 Å². The maximum atomic E-state index is 13.5. The molecule has 4 heterocycles. The second-order valence-corrected chi connectivity index (χ2v) is 7.80. The topological polar surface area (TPSA) is 116 Å². The van der Waals surface area contributed by atoms with E-state index in [0.717, 1.165) is 11.1 Å². The summed E-state index contributed by atoms with van der Waals surface area (Å²) >= 11 is 0. The molecule has 1 unspecified atom stereocenters. The lowest BCUT2D eigenvalue weighted by molar-refractivity contribution is -0.113. The van der Waals surface area contributed by atoms with Gasteiger partial charge in [-0.25, -0.2) is 9.67 Å². The number of nitrogens with one attached hydrogen (secondary N) is 2. The number of hydrogen-bond donors (Lipinski definition) is 2. The summed E-state index contributed by atoms with van der Waals surface area (Å²) in [5.74, 6) is 2.27. The van der Waals surface area contributed by atoms with Gasteiger partial charge < -0.3 is 20.1 Å². The fraction of sp³-hybridized carbons (Fsp3) is 0.160. The highest BCUT2D eigenvalue weighted by Gasteiger charge is 2.35. The zero-order valence-corrected chi connectivity index (χ0v) is 19.4. The summed E-state index contributed by atoms with van der Waals surface area (Å²) in [6, 6.07) is 14.0. The molecule has 0 spiro atoms. The molecule has 1 aromatic carbocycles. The van der Waals surface area contributed by atoms with E-state index in [4.69, 9.17) is 14.6 Å². The number of ether oxygens (including phenoxy) is 2. The zero-order valence-electron chi connectivity index (χ0n) is 19.4. The van der Waals surface area contributed by atoms with Crippen LogP contribution in [0.5, 0.6) is 11.5 Å². The minimum absolute atomic E-state index is 0.308. The predicted octanol–water partition coefficient (Wildman–Crippen LogP) is 3.68. The van der Waals surface area contributed by atoms with E-state index >= 15 is 0 Å². The Morgan fingerprint density at radius 3 is 2.63 bits per heavy atom. The minimum Gasteiger partial charge on any atom is -0.493 e. The van der Waals surface area contributed by atoms with E-state index in [1.807, 2.05) is 37.3 Å². The summed E-state index contributed by atoms with van der Waals surface area (Å²) in [5.41, 5.74) is 2.66. The highest BCUT2D eigenvalue weighted by atomic mass is 16.5. The van der Waals surface area contributed by atoms with Crippen LogP contribution in [0.25, 0.3) is 11.4 Å². The monoisotopic (exact) mass is 469 g/mol. The zero-order chi connectivity index (χ0) is 24.4. The SMILES string of the molecule is COc1ccc(C2C(C(=O)Nc3ccccn3)=C(C)Nc3nc(-c4cccnc4)nn32)cc1OC. The summed E-state index contributed by atoms with van der Waals surface area (Å²) in [7, 11) is 3.15. The van der Waals surface area contributed by atoms with Crippen molar-refractivity contribution in [2.24, 2.45) is 0 Å². The molecule has 1 aliphatic heterocycles. The Bertz CT molecular complexity index is 1400. The van der Waals surface area contributed by atoms with E-state index in [1.54, 1.807) is 55.7 Å². The van der Waals surface area contributed by atoms with Gasteiger partial charge in [-0.05, 0) is 48.9 Å². The Morgan fingerprint density at radius 1 is 1.06 bits per heavy atom. The molecule has 1 amide bonds. The van der Waals surface area contributed by atoms with Gasteiger partial charge in [-0.15, -0.1) is 5.10 Å². The average molecular weight is 470 g/mol. The standard InChI is InChI=1S/C25H23N7O3/c1-15-21(24(33)29-20-8-4-5-12-27-20)22(16-9-10-18(34-2)19(13-16)35-3)32-25(28-15)30-23(31-32)17-7-6-11-26-14-17/h4-14,22H,1-3H3,(H,27,29,33)(H,28,30,31). The van der Waals surface area contributed by atoms with Crippen molar-refractivity contribution >= 4 is 17.7 Å². The van der Waals surface area contributed by atoms with Crippen molar-refractivity contribution in [3.63, 3.8) is 0 Å². The number of carbonyl (C=O) groups excluding carboxylic acids is 1. The molecule has 176 valence electrons. The molecule has 0 aliphatic carbocycles. The van der Waals surface area contributed by atoms with Crippen molar-refractivity contribution in [1.29, 1.82) is 0 Å². The van der Waals surface area contributed by atoms with Crippen molar-refractivity contribution in [3.8, 4) is 22.9 Å². The highest BCUT2D eigenvalue weighted by Crippen LogP contribution is 2.39. The Balaban J connectivity index is 1.63. The molecule has 2 N–H and O–H groups in total. The second kappa shape index (κ2) is 9.26. The number of carbonyl (C=O) groups is 1. The molecule has 5 rings (SSSR count). The fourth-order valence-corrected chi connectivity index (χ4v) is 4.01. The number of hydrogen-bond acceptors (Lipinski definition) is 8. The number of amides is 1. The number of methoxy groups -OCH3 is 2. The summed E-state index contributed by atoms with van der Waals surface area (Å²) < 4.78 is 12.6. The third-order valence-corrected chi connectivity index (χ3v) is 5.65. The van der Waals surface area contributed by atoms with Crippen LogP contribution in [0, 0.1) is 0 Å². The van der Waals surface area contributed by atoms with Gasteiger partial charge >= 0.3 is 0 Å². The van der Waals surface area contributed by atoms with Crippen LogP contribution < -0.4 is 20.1 Å². The summed E-state index contributed by atoms with van der Waals surface area (Å²) in [4.78, 5) is 26.6. The van der Waals surface area contributed by atoms with Crippen molar-refractivity contribution in [1.82, 2.24) is 24.7 Å². The first-order chi connectivity index (χ1) is 17.1. The van der Waals surface area contributed by atoms with E-state index in [9.17, 15) is 4.79 Å². The molecule has 3 aromatic heterocycles. The van der Waals surface area contributed by atoms with Crippen molar-refractivity contribution < 1.29 is 14.3 Å². The van der Waals surface area contributed by atoms with Crippen molar-refractivity contribution in [2.45, 2.75) is 13.0 Å². The molecular formula is C25H23N7O3. The molecular weight excluding hydrogens is 446 g/mol. The largest absolute Gasteiger partial charge is 0.493 e. The van der Waals surface area contributed by atoms with Crippen molar-refractivity contribution in [3.05, 3.63) is 84.0 Å². The van der Waals surface area contributed by atoms with Crippen LogP contribution >= 0.6 is 0 Å². The van der Waals surface area contributed by atoms with Gasteiger partial charge in [0.15, 0.2) is 17.3 Å². The number of fused-ring (bicyclic) bond motifs is 1. The number of anilines is 2. The summed E-state index contributed by atoms with van der Waals surface area (Å²) in [6.45, 7) is 1.84. The van der Waals surface area contributed by atoms with Crippen LogP contribution in [0.15, 0.2) is 78.4 Å². The van der Waals surface area contributed by atoms with Gasteiger partial charge in [-0.1, -0.05) is 12.1 Å². The van der Waals surface area contributed by atoms with Crippen LogP contribution in [-0.4, -0.2) is 44.9 Å². The number of aromatic nitrogens is 5. The normalized spacial score (nSPS) is 14.7. The molecule has 35 heavy (non-hydrogen) atoms. The maximum absolute atomic E-state index is 13.5. The van der Waals surface area contributed by atoms with E-state index in [-0.39, 0.29) is 5.91 Å². The van der Waals surface area contributed by atoms with E-state index < -0.39 is 6.04 Å². The molecule has 0 bridgehead atoms. The van der Waals surface area contributed by atoms with Crippen LogP contribution in [0.4, 0.5) is 11.8 Å². The van der Waals surface area contributed by atoms with Crippen LogP contribution in [0.3, 0.4) is 0 Å². The molecule has 0 fully saturated rings. The first-order valence-corrected chi connectivity index (χ1v) is 10.9. The predicted molar refractivity (Wildman–Crippen MR) is 130 cm³/mol. The Kier molecular flexibility index (Phi) is 5.84. The van der Waals surface area contributed by atoms with Crippen LogP contribution in [0.1, 0.15) is 18.5 Å². The van der Waals surface area contributed by atoms with Gasteiger partial charge in [0.25, 0.3) is 5.91 Å². The second-order valence-electron chi connectivity index (χ2n) is 7.80. The lowest BCUT2D eigenvalue weighted by atomic mass is 9.94. The Labute approximate surface area is 201 Å². The number of nitrogens with zero attached hydrogens (tertiary/aromatic N) is 5. The van der Waals surface area contributed by atoms with Gasteiger partial charge in [-0.2, -0.15) is 4.98 Å². The molecule has 10 heteroatoms. The number of pyridine rings is 2. The number of rotatable bonds is 6. The third-order valence-electron chi connectivity index (χ3n) is 5.65. The molecule has 0 radical (unpaired) electrons. The number of benzene rings is 1. The fourth-order valence-electron chi connectivity index (χ4n) is 4.01. The lowest BCUT2D eigenvalue weighted by Gasteiger charge is -2.29. The van der Waals surface area contributed by atoms with Gasteiger partial charge in [-0.3, -0.25) is 9.78 Å². The third kappa shape index (κ3) is 4.17. The molecule has 0 saturated carbocycles. The lowest BCUT2D eigenvalue weighted by Crippen LogP contribution is -2.31. The highest BCUT2D eigenvalue weighted by molar-refractivity contribution is 6.05. The summed E-state index contributed by atoms with van der Waals surface area (Å²) in [6.07, 6.45) is 5.01. The smallest absolute Gasteiger partial charge is 0.257 e. The summed E-state index contributed by atoms with van der Waals surface area (Å²) in [5, 5.41) is 10.9. The van der Waals surface area contributed by atoms with Gasteiger partial charge in [0.05, 0.1) is 19.8 Å². The Hall–Kier alpha value is -4.73. The molecule has 1 atom stereocenters. The molecule has 0 saturated heterocycles. The van der Waals surface area contributed by atoms with Crippen molar-refractivity contribution in [2.75, 3.05) is 24.9 Å². The van der Waals surface area contributed by atoms with Crippen LogP contribution in [0.2, 0.25) is 0 Å². The molecule has 4 aromatic rings. The van der Waals surface area contributed by atoms with Gasteiger partial charge in [0, 0.05) is 29.9 Å². The minimum atomic E-state index is -0.590. The first-order valence-electron chi connectivity index (χ1n) is 10.9. The first kappa shape index (κ1) is 22.1. The average Bonchev–Trinajstić information content (AvgIpc) is 3.32. The molecule has 10 nitrogen and oxygen atoms in total. The maximum Gasteiger partial charge on any atom is 0.257 e. The van der Waals surface area contributed by atoms with Gasteiger partial charge in [0.1, 0.15) is 11.9 Å². The Morgan fingerprint density at radius 2 is 1.91 bits per heavy atom. The van der Waals surface area contributed by atoms with E-state index in [0.29, 0.717) is 40.4 Å². The quantitative estimate of drug-likeness (QED) is 0.439. The van der Waals surface area contributed by atoms with Crippen LogP contribution in [-0.2, 0) is 4.79 Å².